The number of Topliss-reactive ketones (excluding diaryl/α,β-unsaturated/α-hetero) is 1. The molecular formula is C14H22N2O3. The molecule has 19 heavy (non-hydrogen) atoms. The van der Waals surface area contributed by atoms with Gasteiger partial charge in [0, 0.05) is 13.1 Å². The van der Waals surface area contributed by atoms with E-state index in [0.29, 0.717) is 6.42 Å². The number of hydrogen-bond donors (Lipinski definition) is 2. The van der Waals surface area contributed by atoms with Crippen LogP contribution < -0.4 is 11.1 Å². The summed E-state index contributed by atoms with van der Waals surface area (Å²) in [5, 5.41) is 2.38. The lowest BCUT2D eigenvalue weighted by atomic mass is 9.88. The molecule has 5 nitrogen and oxygen atoms in total. The molecule has 0 aliphatic heterocycles. The number of hydrogen-bond acceptors (Lipinski definition) is 4. The van der Waals surface area contributed by atoms with Crippen molar-refractivity contribution in [2.24, 2.45) is 17.6 Å². The Hall–Kier alpha value is -1.75. The molecule has 0 saturated heterocycles. The number of nitrogens with two attached hydrogens (primary N) is 1. The van der Waals surface area contributed by atoms with Gasteiger partial charge in [0.2, 0.25) is 5.78 Å². The van der Waals surface area contributed by atoms with Gasteiger partial charge >= 0.3 is 0 Å². The lowest BCUT2D eigenvalue weighted by molar-refractivity contribution is -0.136. The van der Waals surface area contributed by atoms with Crippen LogP contribution in [0.25, 0.3) is 0 Å². The number of carbonyl (C=O) groups excluding carboxylic acids is 3. The van der Waals surface area contributed by atoms with Gasteiger partial charge in [-0.1, -0.05) is 25.2 Å². The normalized spacial score (nSPS) is 16.2. The zero-order valence-electron chi connectivity index (χ0n) is 11.6. The van der Waals surface area contributed by atoms with Crippen molar-refractivity contribution in [3.8, 4) is 0 Å². The minimum atomic E-state index is -0.643. The Balaban J connectivity index is 4.51. The predicted molar refractivity (Wildman–Crippen MR) is 74.1 cm³/mol. The van der Waals surface area contributed by atoms with E-state index in [2.05, 4.69) is 5.32 Å². The van der Waals surface area contributed by atoms with Gasteiger partial charge in [-0.2, -0.15) is 0 Å². The Kier molecular flexibility index (Phi) is 8.37. The van der Waals surface area contributed by atoms with E-state index in [9.17, 15) is 14.4 Å². The van der Waals surface area contributed by atoms with Gasteiger partial charge in [0.05, 0.1) is 6.04 Å². The fraction of sp³-hybridized carbons (Fsp3) is 0.500. The highest BCUT2D eigenvalue weighted by Crippen LogP contribution is 2.19. The van der Waals surface area contributed by atoms with Crippen molar-refractivity contribution >= 4 is 18.0 Å². The van der Waals surface area contributed by atoms with Crippen LogP contribution in [0.5, 0.6) is 0 Å². The van der Waals surface area contributed by atoms with Crippen LogP contribution in [0, 0.1) is 11.8 Å². The summed E-state index contributed by atoms with van der Waals surface area (Å²) >= 11 is 0. The molecule has 5 heteroatoms. The van der Waals surface area contributed by atoms with Gasteiger partial charge in [-0.25, -0.2) is 0 Å². The third-order valence-electron chi connectivity index (χ3n) is 2.77. The van der Waals surface area contributed by atoms with Crippen LogP contribution in [-0.4, -0.2) is 24.0 Å². The smallest absolute Gasteiger partial charge is 0.290 e. The summed E-state index contributed by atoms with van der Waals surface area (Å²) in [5.41, 5.74) is 5.62. The van der Waals surface area contributed by atoms with Crippen LogP contribution in [0.1, 0.15) is 27.2 Å². The molecule has 1 amide bonds. The highest BCUT2D eigenvalue weighted by Gasteiger charge is 2.15. The largest absolute Gasteiger partial charge is 0.326 e. The Labute approximate surface area is 113 Å². The second kappa shape index (κ2) is 9.22. The molecule has 0 bridgehead atoms. The molecule has 106 valence electrons. The third kappa shape index (κ3) is 7.31. The quantitative estimate of drug-likeness (QED) is 0.389. The second-order valence-electron chi connectivity index (χ2n) is 4.47. The molecule has 0 heterocycles. The van der Waals surface area contributed by atoms with Crippen LogP contribution in [-0.2, 0) is 14.4 Å². The maximum atomic E-state index is 11.1. The molecule has 0 aromatic rings. The van der Waals surface area contributed by atoms with Gasteiger partial charge in [-0.05, 0) is 25.2 Å². The number of nitrogens with one attached hydrogen (secondary N) is 1. The number of aldehydes is 1. The highest BCUT2D eigenvalue weighted by atomic mass is 16.2. The minimum absolute atomic E-state index is 0.0921. The SMILES string of the molecule is C/C=C\C(CC(N)C=O)C(C)/C=C/NC(=O)C(C)=O. The molecule has 3 atom stereocenters. The van der Waals surface area contributed by atoms with Crippen LogP contribution in [0.3, 0.4) is 0 Å². The summed E-state index contributed by atoms with van der Waals surface area (Å²) in [7, 11) is 0. The summed E-state index contributed by atoms with van der Waals surface area (Å²) in [6, 6.07) is -0.496. The first-order chi connectivity index (χ1) is 8.92. The molecule has 3 unspecified atom stereocenters. The molecule has 0 rings (SSSR count). The summed E-state index contributed by atoms with van der Waals surface area (Å²) in [6.45, 7) is 5.06. The highest BCUT2D eigenvalue weighted by molar-refractivity contribution is 6.35. The van der Waals surface area contributed by atoms with Gasteiger partial charge in [-0.3, -0.25) is 9.59 Å². The monoisotopic (exact) mass is 266 g/mol. The molecular weight excluding hydrogens is 244 g/mol. The molecule has 0 spiro atoms. The van der Waals surface area contributed by atoms with E-state index in [-0.39, 0.29) is 11.8 Å². The molecule has 0 fully saturated rings. The Morgan fingerprint density at radius 2 is 1.95 bits per heavy atom. The first-order valence-corrected chi connectivity index (χ1v) is 6.24. The molecule has 0 aromatic heterocycles. The van der Waals surface area contributed by atoms with Crippen molar-refractivity contribution in [1.82, 2.24) is 5.32 Å². The first-order valence-electron chi connectivity index (χ1n) is 6.24. The maximum Gasteiger partial charge on any atom is 0.290 e. The van der Waals surface area contributed by atoms with Crippen molar-refractivity contribution in [2.45, 2.75) is 33.2 Å². The number of amides is 1. The Morgan fingerprint density at radius 1 is 1.32 bits per heavy atom. The Morgan fingerprint density at radius 3 is 2.42 bits per heavy atom. The standard InChI is InChI=1S/C14H22N2O3/c1-4-5-12(8-13(15)9-17)10(2)6-7-16-14(19)11(3)18/h4-7,9-10,12-13H,8,15H2,1-3H3,(H,16,19)/b5-4-,7-6+. The summed E-state index contributed by atoms with van der Waals surface area (Å²) in [4.78, 5) is 32.4. The molecule has 0 saturated carbocycles. The summed E-state index contributed by atoms with van der Waals surface area (Å²) < 4.78 is 0. The summed E-state index contributed by atoms with van der Waals surface area (Å²) in [6.07, 6.45) is 8.39. The van der Waals surface area contributed by atoms with Gasteiger partial charge in [0.1, 0.15) is 6.29 Å². The first kappa shape index (κ1) is 17.2. The topological polar surface area (TPSA) is 89.3 Å². The van der Waals surface area contributed by atoms with E-state index in [1.54, 1.807) is 6.08 Å². The van der Waals surface area contributed by atoms with Gasteiger partial charge in [0.15, 0.2) is 0 Å². The fourth-order valence-electron chi connectivity index (χ4n) is 1.61. The second-order valence-corrected chi connectivity index (χ2v) is 4.47. The van der Waals surface area contributed by atoms with Crippen LogP contribution in [0.4, 0.5) is 0 Å². The van der Waals surface area contributed by atoms with E-state index >= 15 is 0 Å². The van der Waals surface area contributed by atoms with Crippen molar-refractivity contribution in [3.63, 3.8) is 0 Å². The van der Waals surface area contributed by atoms with Crippen molar-refractivity contribution < 1.29 is 14.4 Å². The van der Waals surface area contributed by atoms with Gasteiger partial charge < -0.3 is 15.8 Å². The number of allylic oxidation sites excluding steroid dienone is 3. The van der Waals surface area contributed by atoms with Gasteiger partial charge in [0.25, 0.3) is 5.91 Å². The number of ketones is 1. The van der Waals surface area contributed by atoms with E-state index in [4.69, 9.17) is 5.73 Å². The van der Waals surface area contributed by atoms with Crippen LogP contribution >= 0.6 is 0 Å². The zero-order chi connectivity index (χ0) is 14.8. The molecule has 0 aliphatic carbocycles. The molecule has 0 aromatic carbocycles. The average Bonchev–Trinajstić information content (AvgIpc) is 2.37. The lowest BCUT2D eigenvalue weighted by Gasteiger charge is -2.19. The third-order valence-corrected chi connectivity index (χ3v) is 2.77. The van der Waals surface area contributed by atoms with Crippen LogP contribution in [0.15, 0.2) is 24.4 Å². The zero-order valence-corrected chi connectivity index (χ0v) is 11.6. The summed E-state index contributed by atoms with van der Waals surface area (Å²) in [5.74, 6) is -0.981. The van der Waals surface area contributed by atoms with Crippen molar-refractivity contribution in [3.05, 3.63) is 24.4 Å². The Bertz CT molecular complexity index is 375. The molecule has 0 aliphatic rings. The van der Waals surface area contributed by atoms with Crippen molar-refractivity contribution in [2.75, 3.05) is 0 Å². The van der Waals surface area contributed by atoms with Gasteiger partial charge in [-0.15, -0.1) is 0 Å². The molecule has 0 radical (unpaired) electrons. The number of rotatable bonds is 8. The van der Waals surface area contributed by atoms with E-state index < -0.39 is 17.7 Å². The van der Waals surface area contributed by atoms with Crippen molar-refractivity contribution in [1.29, 1.82) is 0 Å². The van der Waals surface area contributed by atoms with E-state index in [1.807, 2.05) is 26.0 Å². The fourth-order valence-corrected chi connectivity index (χ4v) is 1.61. The lowest BCUT2D eigenvalue weighted by Crippen LogP contribution is -2.27. The van der Waals surface area contributed by atoms with E-state index in [0.717, 1.165) is 6.29 Å². The average molecular weight is 266 g/mol. The predicted octanol–water partition coefficient (Wildman–Crippen LogP) is 0.950. The minimum Gasteiger partial charge on any atom is -0.326 e. The molecule has 3 N–H and O–H groups in total. The van der Waals surface area contributed by atoms with E-state index in [1.165, 1.54) is 13.1 Å². The number of carbonyl (C=O) groups is 3. The van der Waals surface area contributed by atoms with Crippen LogP contribution in [0.2, 0.25) is 0 Å². The maximum absolute atomic E-state index is 11.1.